The molecule has 1 aliphatic heterocycles. The summed E-state index contributed by atoms with van der Waals surface area (Å²) in [5.74, 6) is 0. The summed E-state index contributed by atoms with van der Waals surface area (Å²) in [4.78, 5) is 4.25. The van der Waals surface area contributed by atoms with E-state index in [4.69, 9.17) is 4.74 Å². The monoisotopic (exact) mass is 144 g/mol. The molecule has 1 saturated heterocycles. The fourth-order valence-corrected chi connectivity index (χ4v) is 1.08. The average molecular weight is 144 g/mol. The third-order valence-electron chi connectivity index (χ3n) is 1.61. The zero-order valence-corrected chi connectivity index (χ0v) is 7.16. The smallest absolute Gasteiger partial charge is 0.138 e. The van der Waals surface area contributed by atoms with Gasteiger partial charge in [-0.25, -0.2) is 0 Å². The highest BCUT2D eigenvalue weighted by atomic mass is 16.6. The van der Waals surface area contributed by atoms with E-state index in [1.807, 2.05) is 14.1 Å². The molecule has 0 aromatic rings. The molecule has 0 spiro atoms. The number of nitrogens with zero attached hydrogens (tertiary/aromatic N) is 2. The normalized spacial score (nSPS) is 31.8. The third-order valence-corrected chi connectivity index (χ3v) is 1.61. The average Bonchev–Trinajstić information content (AvgIpc) is 2.43. The number of epoxide rings is 1. The summed E-state index contributed by atoms with van der Waals surface area (Å²) in [6.07, 6.45) is 0.799. The van der Waals surface area contributed by atoms with Crippen molar-refractivity contribution in [2.24, 2.45) is 0 Å². The zero-order valence-electron chi connectivity index (χ0n) is 7.16. The molecule has 2 unspecified atom stereocenters. The second kappa shape index (κ2) is 2.86. The Balaban J connectivity index is 2.13. The van der Waals surface area contributed by atoms with E-state index in [0.29, 0.717) is 12.3 Å². The molecule has 0 aromatic carbocycles. The SMILES string of the molecule is CN(C)CC1OC1N(C)C. The van der Waals surface area contributed by atoms with Gasteiger partial charge in [0.1, 0.15) is 12.3 Å². The largest absolute Gasteiger partial charge is 0.352 e. The molecule has 60 valence electrons. The third kappa shape index (κ3) is 1.94. The lowest BCUT2D eigenvalue weighted by Crippen LogP contribution is -2.24. The Labute approximate surface area is 62.6 Å². The second-order valence-corrected chi connectivity index (χ2v) is 3.29. The molecule has 0 radical (unpaired) electrons. The Bertz CT molecular complexity index is 114. The van der Waals surface area contributed by atoms with Crippen LogP contribution in [0, 0.1) is 0 Å². The van der Waals surface area contributed by atoms with Gasteiger partial charge in [0.15, 0.2) is 0 Å². The van der Waals surface area contributed by atoms with Crippen LogP contribution in [0.5, 0.6) is 0 Å². The minimum atomic E-state index is 0.363. The molecule has 0 bridgehead atoms. The van der Waals surface area contributed by atoms with E-state index in [1.54, 1.807) is 0 Å². The molecule has 1 heterocycles. The van der Waals surface area contributed by atoms with Crippen LogP contribution in [0.4, 0.5) is 0 Å². The lowest BCUT2D eigenvalue weighted by molar-refractivity contribution is 0.240. The van der Waals surface area contributed by atoms with E-state index in [1.165, 1.54) is 0 Å². The van der Waals surface area contributed by atoms with Crippen molar-refractivity contribution in [3.05, 3.63) is 0 Å². The topological polar surface area (TPSA) is 19.0 Å². The van der Waals surface area contributed by atoms with Gasteiger partial charge in [0.05, 0.1) is 0 Å². The number of hydrogen-bond acceptors (Lipinski definition) is 3. The first-order chi connectivity index (χ1) is 4.61. The van der Waals surface area contributed by atoms with Crippen LogP contribution in [0.25, 0.3) is 0 Å². The molecule has 0 aliphatic carbocycles. The second-order valence-electron chi connectivity index (χ2n) is 3.29. The van der Waals surface area contributed by atoms with Crippen LogP contribution in [0.15, 0.2) is 0 Å². The lowest BCUT2D eigenvalue weighted by Gasteiger charge is -2.07. The van der Waals surface area contributed by atoms with E-state index in [0.717, 1.165) is 6.54 Å². The fraction of sp³-hybridized carbons (Fsp3) is 1.00. The van der Waals surface area contributed by atoms with Crippen LogP contribution in [0.1, 0.15) is 0 Å². The highest BCUT2D eigenvalue weighted by Crippen LogP contribution is 2.23. The Kier molecular flexibility index (Phi) is 2.28. The first kappa shape index (κ1) is 7.98. The summed E-state index contributed by atoms with van der Waals surface area (Å²) >= 11 is 0. The molecule has 1 fully saturated rings. The van der Waals surface area contributed by atoms with E-state index in [-0.39, 0.29) is 0 Å². The van der Waals surface area contributed by atoms with Crippen molar-refractivity contribution >= 4 is 0 Å². The molecule has 0 saturated carbocycles. The van der Waals surface area contributed by atoms with Gasteiger partial charge in [-0.05, 0) is 28.2 Å². The van der Waals surface area contributed by atoms with Crippen molar-refractivity contribution in [3.63, 3.8) is 0 Å². The van der Waals surface area contributed by atoms with Crippen molar-refractivity contribution in [1.82, 2.24) is 9.80 Å². The molecule has 10 heavy (non-hydrogen) atoms. The quantitative estimate of drug-likeness (QED) is 0.513. The summed E-state index contributed by atoms with van der Waals surface area (Å²) in [6.45, 7) is 1.03. The minimum absolute atomic E-state index is 0.363. The van der Waals surface area contributed by atoms with Gasteiger partial charge in [-0.15, -0.1) is 0 Å². The molecule has 0 N–H and O–H groups in total. The highest BCUT2D eigenvalue weighted by Gasteiger charge is 2.40. The van der Waals surface area contributed by atoms with Crippen LogP contribution < -0.4 is 0 Å². The summed E-state index contributed by atoms with van der Waals surface area (Å²) in [5.41, 5.74) is 0. The standard InChI is InChI=1S/C7H16N2O/c1-8(2)5-6-7(10-6)9(3)4/h6-7H,5H2,1-4H3. The lowest BCUT2D eigenvalue weighted by atomic mass is 10.4. The Morgan fingerprint density at radius 2 is 1.80 bits per heavy atom. The Hall–Kier alpha value is -0.120. The molecule has 2 atom stereocenters. The number of likely N-dealkylation sites (N-methyl/N-ethyl adjacent to an activating group) is 2. The Morgan fingerprint density at radius 1 is 1.20 bits per heavy atom. The maximum atomic E-state index is 5.37. The van der Waals surface area contributed by atoms with Crippen LogP contribution >= 0.6 is 0 Å². The van der Waals surface area contributed by atoms with E-state index in [2.05, 4.69) is 23.9 Å². The molecule has 1 aliphatic rings. The van der Waals surface area contributed by atoms with Crippen molar-refractivity contribution < 1.29 is 4.74 Å². The van der Waals surface area contributed by atoms with Crippen LogP contribution in [-0.4, -0.2) is 56.9 Å². The molecule has 0 aromatic heterocycles. The first-order valence-electron chi connectivity index (χ1n) is 3.58. The molecule has 1 rings (SSSR count). The van der Waals surface area contributed by atoms with Gasteiger partial charge in [-0.1, -0.05) is 0 Å². The van der Waals surface area contributed by atoms with Crippen molar-refractivity contribution in [1.29, 1.82) is 0 Å². The van der Waals surface area contributed by atoms with Crippen molar-refractivity contribution in [3.8, 4) is 0 Å². The number of ether oxygens (including phenoxy) is 1. The van der Waals surface area contributed by atoms with Crippen LogP contribution in [-0.2, 0) is 4.74 Å². The molecular weight excluding hydrogens is 128 g/mol. The highest BCUT2D eigenvalue weighted by molar-refractivity contribution is 4.83. The minimum Gasteiger partial charge on any atom is -0.352 e. The predicted molar refractivity (Wildman–Crippen MR) is 40.9 cm³/mol. The fourth-order valence-electron chi connectivity index (χ4n) is 1.08. The molecular formula is C7H16N2O. The maximum absolute atomic E-state index is 5.37. The van der Waals surface area contributed by atoms with Crippen molar-refractivity contribution in [2.75, 3.05) is 34.7 Å². The summed E-state index contributed by atoms with van der Waals surface area (Å²) in [6, 6.07) is 0. The summed E-state index contributed by atoms with van der Waals surface area (Å²) < 4.78 is 5.37. The van der Waals surface area contributed by atoms with Crippen LogP contribution in [0.2, 0.25) is 0 Å². The molecule has 0 amide bonds. The van der Waals surface area contributed by atoms with Gasteiger partial charge >= 0.3 is 0 Å². The van der Waals surface area contributed by atoms with E-state index < -0.39 is 0 Å². The Morgan fingerprint density at radius 3 is 2.10 bits per heavy atom. The number of rotatable bonds is 3. The van der Waals surface area contributed by atoms with Gasteiger partial charge in [0.25, 0.3) is 0 Å². The zero-order chi connectivity index (χ0) is 7.72. The van der Waals surface area contributed by atoms with Gasteiger partial charge < -0.3 is 9.64 Å². The van der Waals surface area contributed by atoms with E-state index in [9.17, 15) is 0 Å². The predicted octanol–water partition coefficient (Wildman–Crippen LogP) is -0.166. The maximum Gasteiger partial charge on any atom is 0.138 e. The van der Waals surface area contributed by atoms with Gasteiger partial charge in [0, 0.05) is 6.54 Å². The van der Waals surface area contributed by atoms with Gasteiger partial charge in [-0.3, -0.25) is 4.90 Å². The number of hydrogen-bond donors (Lipinski definition) is 0. The van der Waals surface area contributed by atoms with Crippen molar-refractivity contribution in [2.45, 2.75) is 12.3 Å². The van der Waals surface area contributed by atoms with Gasteiger partial charge in [0.2, 0.25) is 0 Å². The molecule has 3 nitrogen and oxygen atoms in total. The van der Waals surface area contributed by atoms with Crippen LogP contribution in [0.3, 0.4) is 0 Å². The molecule has 3 heteroatoms. The first-order valence-corrected chi connectivity index (χ1v) is 3.58. The summed E-state index contributed by atoms with van der Waals surface area (Å²) in [5, 5.41) is 0. The summed E-state index contributed by atoms with van der Waals surface area (Å²) in [7, 11) is 8.21. The van der Waals surface area contributed by atoms with E-state index >= 15 is 0 Å². The van der Waals surface area contributed by atoms with Gasteiger partial charge in [-0.2, -0.15) is 0 Å².